The first kappa shape index (κ1) is 11.8. The molecular formula is C13H16O4. The van der Waals surface area contributed by atoms with E-state index in [9.17, 15) is 4.79 Å². The van der Waals surface area contributed by atoms with Crippen molar-refractivity contribution in [3.8, 4) is 11.5 Å². The molecule has 1 aromatic rings. The van der Waals surface area contributed by atoms with Crippen molar-refractivity contribution >= 4 is 5.97 Å². The first-order valence-electron chi connectivity index (χ1n) is 5.71. The molecule has 1 aromatic carbocycles. The largest absolute Gasteiger partial charge is 0.492 e. The topological polar surface area (TPSA) is 55.8 Å². The number of rotatable bonds is 3. The molecule has 0 aromatic heterocycles. The molecule has 1 aliphatic heterocycles. The van der Waals surface area contributed by atoms with Gasteiger partial charge in [0.15, 0.2) is 0 Å². The Labute approximate surface area is 100 Å². The fraction of sp³-hybridized carbons (Fsp3) is 0.462. The van der Waals surface area contributed by atoms with Crippen molar-refractivity contribution < 1.29 is 19.4 Å². The second kappa shape index (κ2) is 4.65. The molecule has 1 heterocycles. The zero-order valence-electron chi connectivity index (χ0n) is 9.97. The van der Waals surface area contributed by atoms with Gasteiger partial charge >= 0.3 is 5.97 Å². The average Bonchev–Trinajstić information content (AvgIpc) is 2.27. The predicted octanol–water partition coefficient (Wildman–Crippen LogP) is 2.11. The van der Waals surface area contributed by atoms with Crippen molar-refractivity contribution in [1.29, 1.82) is 0 Å². The molecule has 2 rings (SSSR count). The van der Waals surface area contributed by atoms with Gasteiger partial charge in [-0.15, -0.1) is 0 Å². The molecule has 0 radical (unpaired) electrons. The van der Waals surface area contributed by atoms with Gasteiger partial charge in [-0.05, 0) is 44.0 Å². The molecule has 0 fully saturated rings. The van der Waals surface area contributed by atoms with Gasteiger partial charge in [0.25, 0.3) is 0 Å². The summed E-state index contributed by atoms with van der Waals surface area (Å²) in [6.07, 6.45) is 0.604. The van der Waals surface area contributed by atoms with Crippen molar-refractivity contribution in [2.75, 3.05) is 6.61 Å². The van der Waals surface area contributed by atoms with E-state index in [4.69, 9.17) is 14.6 Å². The Morgan fingerprint density at radius 2 is 2.29 bits per heavy atom. The van der Waals surface area contributed by atoms with Gasteiger partial charge in [0.05, 0.1) is 12.0 Å². The standard InChI is InChI=1S/C13H16O4/c1-8(2)17-11-3-4-12-9(6-11)5-10(7-16-12)13(14)15/h3-4,6,8,10H,5,7H2,1-2H3,(H,14,15). The molecule has 0 bridgehead atoms. The lowest BCUT2D eigenvalue weighted by Gasteiger charge is -2.23. The van der Waals surface area contributed by atoms with E-state index >= 15 is 0 Å². The number of fused-ring (bicyclic) bond motifs is 1. The Bertz CT molecular complexity index is 425. The first-order valence-corrected chi connectivity index (χ1v) is 5.71. The van der Waals surface area contributed by atoms with E-state index in [-0.39, 0.29) is 12.7 Å². The highest BCUT2D eigenvalue weighted by Crippen LogP contribution is 2.31. The minimum Gasteiger partial charge on any atom is -0.492 e. The van der Waals surface area contributed by atoms with Crippen molar-refractivity contribution in [1.82, 2.24) is 0 Å². The van der Waals surface area contributed by atoms with Crippen LogP contribution in [-0.4, -0.2) is 23.8 Å². The second-order valence-corrected chi connectivity index (χ2v) is 4.49. The lowest BCUT2D eigenvalue weighted by molar-refractivity contribution is -0.143. The van der Waals surface area contributed by atoms with Gasteiger partial charge in [-0.2, -0.15) is 0 Å². The Morgan fingerprint density at radius 3 is 2.94 bits per heavy atom. The number of carboxylic acids is 1. The van der Waals surface area contributed by atoms with E-state index in [2.05, 4.69) is 0 Å². The van der Waals surface area contributed by atoms with Crippen LogP contribution in [0.15, 0.2) is 18.2 Å². The highest BCUT2D eigenvalue weighted by molar-refractivity contribution is 5.71. The minimum atomic E-state index is -0.814. The third-order valence-electron chi connectivity index (χ3n) is 2.66. The van der Waals surface area contributed by atoms with Crippen LogP contribution in [0, 0.1) is 5.92 Å². The molecule has 4 nitrogen and oxygen atoms in total. The molecule has 92 valence electrons. The summed E-state index contributed by atoms with van der Waals surface area (Å²) in [5.41, 5.74) is 0.904. The average molecular weight is 236 g/mol. The molecule has 17 heavy (non-hydrogen) atoms. The van der Waals surface area contributed by atoms with E-state index in [0.717, 1.165) is 17.1 Å². The second-order valence-electron chi connectivity index (χ2n) is 4.49. The number of benzene rings is 1. The van der Waals surface area contributed by atoms with E-state index < -0.39 is 11.9 Å². The highest BCUT2D eigenvalue weighted by atomic mass is 16.5. The molecule has 0 amide bonds. The fourth-order valence-corrected chi connectivity index (χ4v) is 1.87. The van der Waals surface area contributed by atoms with Crippen LogP contribution in [0.2, 0.25) is 0 Å². The van der Waals surface area contributed by atoms with Crippen molar-refractivity contribution in [2.24, 2.45) is 5.92 Å². The van der Waals surface area contributed by atoms with Gasteiger partial charge in [0, 0.05) is 0 Å². The third-order valence-corrected chi connectivity index (χ3v) is 2.66. The lowest BCUT2D eigenvalue weighted by atomic mass is 9.97. The summed E-state index contributed by atoms with van der Waals surface area (Å²) in [7, 11) is 0. The number of hydrogen-bond donors (Lipinski definition) is 1. The van der Waals surface area contributed by atoms with Crippen LogP contribution in [0.1, 0.15) is 19.4 Å². The van der Waals surface area contributed by atoms with Gasteiger partial charge in [0.1, 0.15) is 18.1 Å². The van der Waals surface area contributed by atoms with Crippen LogP contribution in [0.25, 0.3) is 0 Å². The van der Waals surface area contributed by atoms with Crippen LogP contribution in [0.5, 0.6) is 11.5 Å². The van der Waals surface area contributed by atoms with E-state index in [1.54, 1.807) is 0 Å². The number of carboxylic acid groups (broad SMARTS) is 1. The van der Waals surface area contributed by atoms with E-state index in [1.165, 1.54) is 0 Å². The molecule has 0 aliphatic carbocycles. The van der Waals surface area contributed by atoms with Gasteiger partial charge in [-0.1, -0.05) is 0 Å². The predicted molar refractivity (Wildman–Crippen MR) is 62.5 cm³/mol. The normalized spacial score (nSPS) is 18.4. The van der Waals surface area contributed by atoms with Crippen LogP contribution < -0.4 is 9.47 Å². The maximum atomic E-state index is 10.9. The number of carbonyl (C=O) groups is 1. The summed E-state index contributed by atoms with van der Waals surface area (Å²) < 4.78 is 11.0. The molecule has 0 saturated carbocycles. The molecule has 1 atom stereocenters. The monoisotopic (exact) mass is 236 g/mol. The van der Waals surface area contributed by atoms with Crippen molar-refractivity contribution in [3.63, 3.8) is 0 Å². The van der Waals surface area contributed by atoms with Crippen LogP contribution in [-0.2, 0) is 11.2 Å². The summed E-state index contributed by atoms with van der Waals surface area (Å²) >= 11 is 0. The summed E-state index contributed by atoms with van der Waals surface area (Å²) in [5, 5.41) is 8.97. The molecular weight excluding hydrogens is 220 g/mol. The first-order chi connectivity index (χ1) is 8.06. The molecule has 0 saturated heterocycles. The Balaban J connectivity index is 2.19. The summed E-state index contributed by atoms with van der Waals surface area (Å²) in [6.45, 7) is 4.15. The molecule has 1 aliphatic rings. The zero-order valence-corrected chi connectivity index (χ0v) is 9.97. The van der Waals surface area contributed by atoms with Gasteiger partial charge < -0.3 is 14.6 Å². The van der Waals surface area contributed by atoms with Gasteiger partial charge in [0.2, 0.25) is 0 Å². The van der Waals surface area contributed by atoms with Crippen molar-refractivity contribution in [3.05, 3.63) is 23.8 Å². The molecule has 1 N–H and O–H groups in total. The quantitative estimate of drug-likeness (QED) is 0.873. The highest BCUT2D eigenvalue weighted by Gasteiger charge is 2.25. The third kappa shape index (κ3) is 2.70. The lowest BCUT2D eigenvalue weighted by Crippen LogP contribution is -2.27. The van der Waals surface area contributed by atoms with Crippen molar-refractivity contribution in [2.45, 2.75) is 26.4 Å². The van der Waals surface area contributed by atoms with E-state index in [1.807, 2.05) is 32.0 Å². The smallest absolute Gasteiger partial charge is 0.310 e. The van der Waals surface area contributed by atoms with Gasteiger partial charge in [-0.25, -0.2) is 0 Å². The van der Waals surface area contributed by atoms with Gasteiger partial charge in [-0.3, -0.25) is 4.79 Å². The Hall–Kier alpha value is -1.71. The number of ether oxygens (including phenoxy) is 2. The van der Waals surface area contributed by atoms with Crippen LogP contribution in [0.3, 0.4) is 0 Å². The molecule has 0 spiro atoms. The summed E-state index contributed by atoms with van der Waals surface area (Å²) in [4.78, 5) is 10.9. The molecule has 4 heteroatoms. The minimum absolute atomic E-state index is 0.104. The number of aliphatic carboxylic acids is 1. The summed E-state index contributed by atoms with van der Waals surface area (Å²) in [5.74, 6) is 0.245. The summed E-state index contributed by atoms with van der Waals surface area (Å²) in [6, 6.07) is 5.55. The molecule has 1 unspecified atom stereocenters. The van der Waals surface area contributed by atoms with Crippen LogP contribution >= 0.6 is 0 Å². The van der Waals surface area contributed by atoms with E-state index in [0.29, 0.717) is 6.42 Å². The Morgan fingerprint density at radius 1 is 1.53 bits per heavy atom. The number of hydrogen-bond acceptors (Lipinski definition) is 3. The SMILES string of the molecule is CC(C)Oc1ccc2c(c1)CC(C(=O)O)CO2. The fourth-order valence-electron chi connectivity index (χ4n) is 1.87. The maximum Gasteiger partial charge on any atom is 0.310 e. The maximum absolute atomic E-state index is 10.9. The zero-order chi connectivity index (χ0) is 12.4. The Kier molecular flexibility index (Phi) is 3.22. The van der Waals surface area contributed by atoms with Crippen LogP contribution in [0.4, 0.5) is 0 Å².